The van der Waals surface area contributed by atoms with Crippen LogP contribution in [0, 0.1) is 12.1 Å². The Balaban J connectivity index is 2.36. The van der Waals surface area contributed by atoms with E-state index in [0.29, 0.717) is 5.69 Å². The fourth-order valence-electron chi connectivity index (χ4n) is 1.51. The van der Waals surface area contributed by atoms with E-state index in [4.69, 9.17) is 0 Å². The Morgan fingerprint density at radius 3 is 2.25 bits per heavy atom. The van der Waals surface area contributed by atoms with E-state index in [1.807, 2.05) is 49.4 Å². The van der Waals surface area contributed by atoms with Gasteiger partial charge < -0.3 is 5.21 Å². The van der Waals surface area contributed by atoms with Crippen LogP contribution in [0.1, 0.15) is 11.1 Å². The first kappa shape index (κ1) is 10.4. The van der Waals surface area contributed by atoms with Crippen LogP contribution in [0.2, 0.25) is 0 Å². The van der Waals surface area contributed by atoms with Crippen LogP contribution in [0.25, 0.3) is 0 Å². The van der Waals surface area contributed by atoms with Gasteiger partial charge in [0.1, 0.15) is 0 Å². The van der Waals surface area contributed by atoms with Crippen LogP contribution in [0.15, 0.2) is 54.6 Å². The van der Waals surface area contributed by atoms with Crippen LogP contribution < -0.4 is 0 Å². The van der Waals surface area contributed by atoms with Crippen molar-refractivity contribution in [3.05, 3.63) is 70.9 Å². The van der Waals surface area contributed by atoms with Gasteiger partial charge in [0.2, 0.25) is 5.69 Å². The molecule has 0 atom stereocenters. The maximum Gasteiger partial charge on any atom is 0.216 e. The molecule has 2 aromatic carbocycles. The van der Waals surface area contributed by atoms with E-state index < -0.39 is 0 Å². The van der Waals surface area contributed by atoms with E-state index in [2.05, 4.69) is 0 Å². The standard InChI is InChI=1S/C14H13NO/c1-12-7-5-6-8-13(12)11-15(16)14-9-3-2-4-10-14/h2-11H,1H3/b15-11-. The molecule has 0 amide bonds. The molecule has 0 saturated carbocycles. The second-order valence-electron chi connectivity index (χ2n) is 3.65. The normalized spacial score (nSPS) is 11.4. The summed E-state index contributed by atoms with van der Waals surface area (Å²) in [5.41, 5.74) is 2.69. The molecule has 2 aromatic rings. The summed E-state index contributed by atoms with van der Waals surface area (Å²) >= 11 is 0. The number of para-hydroxylation sites is 1. The van der Waals surface area contributed by atoms with Crippen molar-refractivity contribution in [1.82, 2.24) is 0 Å². The zero-order chi connectivity index (χ0) is 11.4. The summed E-state index contributed by atoms with van der Waals surface area (Å²) in [6, 6.07) is 17.0. The summed E-state index contributed by atoms with van der Waals surface area (Å²) in [7, 11) is 0. The zero-order valence-corrected chi connectivity index (χ0v) is 9.13. The molecule has 0 saturated heterocycles. The van der Waals surface area contributed by atoms with Crippen molar-refractivity contribution in [2.75, 3.05) is 0 Å². The molecule has 0 aliphatic rings. The summed E-state index contributed by atoms with van der Waals surface area (Å²) in [6.07, 6.45) is 1.60. The van der Waals surface area contributed by atoms with Crippen molar-refractivity contribution in [3.8, 4) is 0 Å². The minimum Gasteiger partial charge on any atom is -0.618 e. The lowest BCUT2D eigenvalue weighted by molar-refractivity contribution is -0.354. The predicted molar refractivity (Wildman–Crippen MR) is 66.1 cm³/mol. The van der Waals surface area contributed by atoms with Crippen molar-refractivity contribution in [2.45, 2.75) is 6.92 Å². The number of hydrogen-bond acceptors (Lipinski definition) is 1. The maximum atomic E-state index is 11.8. The summed E-state index contributed by atoms with van der Waals surface area (Å²) in [4.78, 5) is 0. The molecular weight excluding hydrogens is 198 g/mol. The van der Waals surface area contributed by atoms with Gasteiger partial charge in [-0.05, 0) is 18.6 Å². The number of hydrogen-bond donors (Lipinski definition) is 0. The second kappa shape index (κ2) is 4.62. The first-order valence-electron chi connectivity index (χ1n) is 5.19. The third-order valence-corrected chi connectivity index (χ3v) is 2.46. The highest BCUT2D eigenvalue weighted by molar-refractivity contribution is 5.78. The smallest absolute Gasteiger partial charge is 0.216 e. The number of nitrogens with zero attached hydrogens (tertiary/aromatic N) is 1. The van der Waals surface area contributed by atoms with Crippen LogP contribution in [-0.2, 0) is 0 Å². The average Bonchev–Trinajstić information content (AvgIpc) is 2.33. The topological polar surface area (TPSA) is 26.1 Å². The fourth-order valence-corrected chi connectivity index (χ4v) is 1.51. The van der Waals surface area contributed by atoms with Crippen LogP contribution in [0.5, 0.6) is 0 Å². The van der Waals surface area contributed by atoms with Crippen molar-refractivity contribution in [2.24, 2.45) is 0 Å². The largest absolute Gasteiger partial charge is 0.618 e. The van der Waals surface area contributed by atoms with E-state index in [-0.39, 0.29) is 0 Å². The van der Waals surface area contributed by atoms with Gasteiger partial charge in [-0.3, -0.25) is 0 Å². The van der Waals surface area contributed by atoms with E-state index in [9.17, 15) is 5.21 Å². The second-order valence-corrected chi connectivity index (χ2v) is 3.65. The quantitative estimate of drug-likeness (QED) is 0.324. The highest BCUT2D eigenvalue weighted by atomic mass is 16.5. The summed E-state index contributed by atoms with van der Waals surface area (Å²) in [5, 5.41) is 11.8. The Hall–Kier alpha value is -2.09. The van der Waals surface area contributed by atoms with E-state index in [0.717, 1.165) is 15.9 Å². The first-order chi connectivity index (χ1) is 7.77. The molecule has 80 valence electrons. The summed E-state index contributed by atoms with van der Waals surface area (Å²) < 4.78 is 0.891. The van der Waals surface area contributed by atoms with Gasteiger partial charge in [0.05, 0.1) is 0 Å². The van der Waals surface area contributed by atoms with E-state index in [1.165, 1.54) is 0 Å². The van der Waals surface area contributed by atoms with Gasteiger partial charge in [-0.15, -0.1) is 0 Å². The molecule has 0 N–H and O–H groups in total. The summed E-state index contributed by atoms with van der Waals surface area (Å²) in [5.74, 6) is 0. The van der Waals surface area contributed by atoms with Gasteiger partial charge >= 0.3 is 0 Å². The lowest BCUT2D eigenvalue weighted by Crippen LogP contribution is -1.99. The molecular formula is C14H13NO. The summed E-state index contributed by atoms with van der Waals surface area (Å²) in [6.45, 7) is 1.99. The molecule has 0 fully saturated rings. The number of benzene rings is 2. The molecule has 0 unspecified atom stereocenters. The molecule has 0 aliphatic carbocycles. The SMILES string of the molecule is Cc1ccccc1/C=[N+](\[O-])c1ccccc1. The molecule has 0 aromatic heterocycles. The number of aryl methyl sites for hydroxylation is 1. The third-order valence-electron chi connectivity index (χ3n) is 2.46. The van der Waals surface area contributed by atoms with Gasteiger partial charge in [0.25, 0.3) is 0 Å². The molecule has 2 heteroatoms. The molecule has 0 spiro atoms. The highest BCUT2D eigenvalue weighted by Crippen LogP contribution is 2.10. The van der Waals surface area contributed by atoms with Gasteiger partial charge in [0, 0.05) is 17.7 Å². The lowest BCUT2D eigenvalue weighted by atomic mass is 10.1. The minimum atomic E-state index is 0.644. The van der Waals surface area contributed by atoms with Crippen LogP contribution >= 0.6 is 0 Å². The minimum absolute atomic E-state index is 0.644. The molecule has 2 rings (SSSR count). The molecule has 0 aliphatic heterocycles. The van der Waals surface area contributed by atoms with Crippen molar-refractivity contribution >= 4 is 11.9 Å². The van der Waals surface area contributed by atoms with Crippen LogP contribution in [0.3, 0.4) is 0 Å². The van der Waals surface area contributed by atoms with Crippen molar-refractivity contribution < 1.29 is 4.74 Å². The van der Waals surface area contributed by atoms with Crippen molar-refractivity contribution in [3.63, 3.8) is 0 Å². The lowest BCUT2D eigenvalue weighted by Gasteiger charge is -2.03. The Labute approximate surface area is 95.1 Å². The zero-order valence-electron chi connectivity index (χ0n) is 9.13. The van der Waals surface area contributed by atoms with Gasteiger partial charge in [-0.2, -0.15) is 4.74 Å². The Bertz CT molecular complexity index is 503. The van der Waals surface area contributed by atoms with E-state index >= 15 is 0 Å². The highest BCUT2D eigenvalue weighted by Gasteiger charge is 2.01. The number of rotatable bonds is 2. The van der Waals surface area contributed by atoms with Crippen LogP contribution in [0.4, 0.5) is 5.69 Å². The maximum absolute atomic E-state index is 11.8. The Kier molecular flexibility index (Phi) is 3.01. The Morgan fingerprint density at radius 1 is 0.938 bits per heavy atom. The molecule has 0 heterocycles. The molecule has 2 nitrogen and oxygen atoms in total. The molecule has 0 radical (unpaired) electrons. The van der Waals surface area contributed by atoms with Gasteiger partial charge in [0.15, 0.2) is 6.21 Å². The third kappa shape index (κ3) is 2.28. The molecule has 0 bridgehead atoms. The first-order valence-corrected chi connectivity index (χ1v) is 5.19. The molecule has 16 heavy (non-hydrogen) atoms. The monoisotopic (exact) mass is 211 g/mol. The average molecular weight is 211 g/mol. The Morgan fingerprint density at radius 2 is 1.56 bits per heavy atom. The van der Waals surface area contributed by atoms with E-state index in [1.54, 1.807) is 18.3 Å². The van der Waals surface area contributed by atoms with Gasteiger partial charge in [-0.1, -0.05) is 36.4 Å². The van der Waals surface area contributed by atoms with Gasteiger partial charge in [-0.25, -0.2) is 0 Å². The fraction of sp³-hybridized carbons (Fsp3) is 0.0714. The predicted octanol–water partition coefficient (Wildman–Crippen LogP) is 3.26. The van der Waals surface area contributed by atoms with Crippen LogP contribution in [-0.4, -0.2) is 11.0 Å². The van der Waals surface area contributed by atoms with Crippen molar-refractivity contribution in [1.29, 1.82) is 0 Å².